The van der Waals surface area contributed by atoms with E-state index in [1.54, 1.807) is 0 Å². The minimum absolute atomic E-state index is 0. The summed E-state index contributed by atoms with van der Waals surface area (Å²) >= 11 is 0. The molecule has 0 aromatic heterocycles. The first-order valence-corrected chi connectivity index (χ1v) is 10.0. The minimum Gasteiger partial charge on any atom is -0.356 e. The highest BCUT2D eigenvalue weighted by molar-refractivity contribution is 5.85. The van der Waals surface area contributed by atoms with E-state index in [4.69, 9.17) is 0 Å². The lowest BCUT2D eigenvalue weighted by Gasteiger charge is -2.32. The molecule has 0 radical (unpaired) electrons. The van der Waals surface area contributed by atoms with Crippen LogP contribution in [0.5, 0.6) is 0 Å². The van der Waals surface area contributed by atoms with Crippen LogP contribution in [0.3, 0.4) is 0 Å². The van der Waals surface area contributed by atoms with Gasteiger partial charge in [-0.2, -0.15) is 0 Å². The highest BCUT2D eigenvalue weighted by Crippen LogP contribution is 2.18. The van der Waals surface area contributed by atoms with Crippen LogP contribution >= 0.6 is 12.4 Å². The topological polar surface area (TPSA) is 61.4 Å². The fraction of sp³-hybridized carbons (Fsp3) is 0.619. The zero-order valence-corrected chi connectivity index (χ0v) is 16.8. The summed E-state index contributed by atoms with van der Waals surface area (Å²) in [4.78, 5) is 26.9. The summed E-state index contributed by atoms with van der Waals surface area (Å²) < 4.78 is 0. The van der Waals surface area contributed by atoms with Crippen LogP contribution in [0.1, 0.15) is 37.7 Å². The first kappa shape index (κ1) is 21.7. The Morgan fingerprint density at radius 2 is 1.96 bits per heavy atom. The molecule has 27 heavy (non-hydrogen) atoms. The zero-order valence-electron chi connectivity index (χ0n) is 16.0. The molecule has 2 aliphatic rings. The smallest absolute Gasteiger partial charge is 0.227 e. The van der Waals surface area contributed by atoms with E-state index < -0.39 is 0 Å². The maximum absolute atomic E-state index is 12.5. The van der Waals surface area contributed by atoms with Crippen molar-refractivity contribution in [1.82, 2.24) is 15.5 Å². The third kappa shape index (κ3) is 6.82. The van der Waals surface area contributed by atoms with Crippen molar-refractivity contribution in [3.8, 4) is 0 Å². The SMILES string of the molecule is Cl.O=C(NCCC1CCCNC1)C1CCCN(C(=O)Cc2ccccc2)C1. The summed E-state index contributed by atoms with van der Waals surface area (Å²) in [5.74, 6) is 0.861. The third-order valence-corrected chi connectivity index (χ3v) is 5.59. The number of rotatable bonds is 6. The molecule has 1 aromatic rings. The number of carbonyl (C=O) groups excluding carboxylic acids is 2. The molecule has 2 fully saturated rings. The summed E-state index contributed by atoms with van der Waals surface area (Å²) in [6.45, 7) is 4.27. The van der Waals surface area contributed by atoms with Crippen LogP contribution < -0.4 is 10.6 Å². The molecule has 2 amide bonds. The van der Waals surface area contributed by atoms with Gasteiger partial charge in [-0.15, -0.1) is 12.4 Å². The van der Waals surface area contributed by atoms with E-state index in [9.17, 15) is 9.59 Å². The standard InChI is InChI=1S/C21H31N3O2.ClH/c25-20(14-17-6-2-1-3-7-17)24-13-5-9-19(16-24)21(26)23-12-10-18-8-4-11-22-15-18;/h1-3,6-7,18-19,22H,4-5,8-16H2,(H,23,26);1H. The van der Waals surface area contributed by atoms with Crippen molar-refractivity contribution in [1.29, 1.82) is 0 Å². The highest BCUT2D eigenvalue weighted by Gasteiger charge is 2.28. The van der Waals surface area contributed by atoms with Gasteiger partial charge in [0.1, 0.15) is 0 Å². The first-order valence-electron chi connectivity index (χ1n) is 10.0. The Morgan fingerprint density at radius 1 is 1.15 bits per heavy atom. The summed E-state index contributed by atoms with van der Waals surface area (Å²) in [5, 5.41) is 6.52. The van der Waals surface area contributed by atoms with Crippen LogP contribution in [0.4, 0.5) is 0 Å². The second-order valence-corrected chi connectivity index (χ2v) is 7.63. The van der Waals surface area contributed by atoms with Crippen LogP contribution in [-0.2, 0) is 16.0 Å². The van der Waals surface area contributed by atoms with E-state index >= 15 is 0 Å². The van der Waals surface area contributed by atoms with Gasteiger partial charge in [-0.25, -0.2) is 0 Å². The summed E-state index contributed by atoms with van der Waals surface area (Å²) in [7, 11) is 0. The lowest BCUT2D eigenvalue weighted by Crippen LogP contribution is -2.46. The number of nitrogens with one attached hydrogen (secondary N) is 2. The van der Waals surface area contributed by atoms with Crippen molar-refractivity contribution in [3.63, 3.8) is 0 Å². The number of hydrogen-bond acceptors (Lipinski definition) is 3. The Kier molecular flexibility index (Phi) is 9.08. The molecule has 2 saturated heterocycles. The van der Waals surface area contributed by atoms with Gasteiger partial charge in [0.25, 0.3) is 0 Å². The van der Waals surface area contributed by atoms with Gasteiger partial charge in [0.05, 0.1) is 12.3 Å². The van der Waals surface area contributed by atoms with Crippen molar-refractivity contribution >= 4 is 24.2 Å². The average molecular weight is 394 g/mol. The van der Waals surface area contributed by atoms with Crippen molar-refractivity contribution in [2.45, 2.75) is 38.5 Å². The minimum atomic E-state index is -0.0621. The molecule has 0 bridgehead atoms. The first-order chi connectivity index (χ1) is 12.7. The predicted octanol–water partition coefficient (Wildman–Crippen LogP) is 2.40. The fourth-order valence-electron chi connectivity index (χ4n) is 4.01. The third-order valence-electron chi connectivity index (χ3n) is 5.59. The number of piperidine rings is 2. The number of likely N-dealkylation sites (tertiary alicyclic amines) is 1. The van der Waals surface area contributed by atoms with Gasteiger partial charge in [0, 0.05) is 19.6 Å². The van der Waals surface area contributed by atoms with Crippen LogP contribution in [0, 0.1) is 11.8 Å². The van der Waals surface area contributed by atoms with E-state index in [1.807, 2.05) is 35.2 Å². The molecule has 2 atom stereocenters. The Morgan fingerprint density at radius 3 is 2.70 bits per heavy atom. The molecule has 1 aromatic carbocycles. The van der Waals surface area contributed by atoms with Gasteiger partial charge in [-0.05, 0) is 56.7 Å². The number of benzene rings is 1. The maximum Gasteiger partial charge on any atom is 0.227 e. The summed E-state index contributed by atoms with van der Waals surface area (Å²) in [6.07, 6.45) is 5.75. The van der Waals surface area contributed by atoms with E-state index in [1.165, 1.54) is 12.8 Å². The van der Waals surface area contributed by atoms with Crippen molar-refractivity contribution < 1.29 is 9.59 Å². The monoisotopic (exact) mass is 393 g/mol. The molecule has 2 aliphatic heterocycles. The quantitative estimate of drug-likeness (QED) is 0.780. The molecule has 2 N–H and O–H groups in total. The number of halogens is 1. The van der Waals surface area contributed by atoms with Crippen LogP contribution in [0.15, 0.2) is 30.3 Å². The molecule has 0 spiro atoms. The zero-order chi connectivity index (χ0) is 18.2. The van der Waals surface area contributed by atoms with E-state index in [-0.39, 0.29) is 30.1 Å². The van der Waals surface area contributed by atoms with Crippen molar-refractivity contribution in [3.05, 3.63) is 35.9 Å². The number of nitrogens with zero attached hydrogens (tertiary/aromatic N) is 1. The van der Waals surface area contributed by atoms with Crippen molar-refractivity contribution in [2.75, 3.05) is 32.7 Å². The van der Waals surface area contributed by atoms with E-state index in [0.29, 0.717) is 18.9 Å². The Balaban J connectivity index is 0.00000261. The summed E-state index contributed by atoms with van der Waals surface area (Å²) in [6, 6.07) is 9.82. The van der Waals surface area contributed by atoms with E-state index in [0.717, 1.165) is 51.0 Å². The van der Waals surface area contributed by atoms with Crippen LogP contribution in [0.25, 0.3) is 0 Å². The number of carbonyl (C=O) groups is 2. The number of amides is 2. The molecule has 0 aliphatic carbocycles. The van der Waals surface area contributed by atoms with Gasteiger partial charge in [0.15, 0.2) is 0 Å². The largest absolute Gasteiger partial charge is 0.356 e. The molecule has 2 unspecified atom stereocenters. The Bertz CT molecular complexity index is 590. The molecule has 0 saturated carbocycles. The van der Waals surface area contributed by atoms with Crippen molar-refractivity contribution in [2.24, 2.45) is 11.8 Å². The highest BCUT2D eigenvalue weighted by atomic mass is 35.5. The number of hydrogen-bond donors (Lipinski definition) is 2. The lowest BCUT2D eigenvalue weighted by molar-refractivity contribution is -0.135. The average Bonchev–Trinajstić information content (AvgIpc) is 2.69. The second kappa shape index (κ2) is 11.3. The fourth-order valence-corrected chi connectivity index (χ4v) is 4.01. The van der Waals surface area contributed by atoms with Gasteiger partial charge in [0.2, 0.25) is 11.8 Å². The second-order valence-electron chi connectivity index (χ2n) is 7.63. The van der Waals surface area contributed by atoms with Gasteiger partial charge >= 0.3 is 0 Å². The predicted molar refractivity (Wildman–Crippen MR) is 110 cm³/mol. The van der Waals surface area contributed by atoms with Gasteiger partial charge < -0.3 is 15.5 Å². The molecule has 2 heterocycles. The molecular weight excluding hydrogens is 362 g/mol. The Hall–Kier alpha value is -1.59. The van der Waals surface area contributed by atoms with Crippen LogP contribution in [0.2, 0.25) is 0 Å². The Labute approximate surface area is 168 Å². The summed E-state index contributed by atoms with van der Waals surface area (Å²) in [5.41, 5.74) is 1.03. The molecule has 150 valence electrons. The lowest BCUT2D eigenvalue weighted by atomic mass is 9.95. The molecular formula is C21H32ClN3O2. The molecule has 3 rings (SSSR count). The van der Waals surface area contributed by atoms with Gasteiger partial charge in [-0.1, -0.05) is 30.3 Å². The van der Waals surface area contributed by atoms with Gasteiger partial charge in [-0.3, -0.25) is 9.59 Å². The normalized spacial score (nSPS) is 22.6. The van der Waals surface area contributed by atoms with Crippen LogP contribution in [-0.4, -0.2) is 49.4 Å². The molecule has 6 heteroatoms. The maximum atomic E-state index is 12.5. The van der Waals surface area contributed by atoms with E-state index in [2.05, 4.69) is 10.6 Å². The molecule has 5 nitrogen and oxygen atoms in total.